The molecule has 2 aromatic heterocycles. The standard InChI is InChI=1S/C18H28N4O2/c1-10-13-14(20-11(2)19-10)15(22(7)21-13)16-18(5,6)17(3,4)12(24-16)9-23-8/h12,16H,9H2,1-8H3. The Morgan fingerprint density at radius 1 is 1.08 bits per heavy atom. The van der Waals surface area contributed by atoms with Crippen LogP contribution in [0.3, 0.4) is 0 Å². The summed E-state index contributed by atoms with van der Waals surface area (Å²) in [5.74, 6) is 0.762. The Kier molecular flexibility index (Phi) is 3.96. The van der Waals surface area contributed by atoms with Crippen LogP contribution in [0, 0.1) is 24.7 Å². The Morgan fingerprint density at radius 2 is 1.75 bits per heavy atom. The van der Waals surface area contributed by atoms with E-state index < -0.39 is 0 Å². The molecule has 3 heterocycles. The first-order valence-corrected chi connectivity index (χ1v) is 8.43. The van der Waals surface area contributed by atoms with Crippen molar-refractivity contribution < 1.29 is 9.47 Å². The lowest BCUT2D eigenvalue weighted by Crippen LogP contribution is -2.38. The molecular formula is C18H28N4O2. The number of hydrogen-bond donors (Lipinski definition) is 0. The predicted molar refractivity (Wildman–Crippen MR) is 92.8 cm³/mol. The minimum atomic E-state index is -0.101. The zero-order valence-electron chi connectivity index (χ0n) is 16.0. The lowest BCUT2D eigenvalue weighted by atomic mass is 9.64. The van der Waals surface area contributed by atoms with Gasteiger partial charge in [-0.25, -0.2) is 9.97 Å². The fourth-order valence-electron chi connectivity index (χ4n) is 3.72. The molecule has 1 saturated heterocycles. The summed E-state index contributed by atoms with van der Waals surface area (Å²) in [6.45, 7) is 13.5. The first kappa shape index (κ1) is 17.3. The summed E-state index contributed by atoms with van der Waals surface area (Å²) in [4.78, 5) is 9.12. The van der Waals surface area contributed by atoms with Crippen LogP contribution >= 0.6 is 0 Å². The summed E-state index contributed by atoms with van der Waals surface area (Å²) >= 11 is 0. The van der Waals surface area contributed by atoms with E-state index in [2.05, 4.69) is 42.8 Å². The number of rotatable bonds is 3. The zero-order chi connectivity index (χ0) is 17.9. The number of ether oxygens (including phenoxy) is 2. The first-order valence-electron chi connectivity index (χ1n) is 8.43. The fourth-order valence-corrected chi connectivity index (χ4v) is 3.72. The van der Waals surface area contributed by atoms with Gasteiger partial charge in [-0.05, 0) is 13.8 Å². The molecule has 1 fully saturated rings. The topological polar surface area (TPSA) is 62.1 Å². The normalized spacial score (nSPS) is 25.5. The van der Waals surface area contributed by atoms with Gasteiger partial charge in [0.25, 0.3) is 0 Å². The van der Waals surface area contributed by atoms with Crippen molar-refractivity contribution in [3.8, 4) is 0 Å². The van der Waals surface area contributed by atoms with E-state index in [1.54, 1.807) is 7.11 Å². The Labute approximate surface area is 143 Å². The number of aromatic nitrogens is 4. The molecule has 2 unspecified atom stereocenters. The summed E-state index contributed by atoms with van der Waals surface area (Å²) in [6.07, 6.45) is -0.0761. The van der Waals surface area contributed by atoms with E-state index in [4.69, 9.17) is 9.47 Å². The molecule has 1 aliphatic rings. The van der Waals surface area contributed by atoms with E-state index in [0.29, 0.717) is 6.61 Å². The van der Waals surface area contributed by atoms with Gasteiger partial charge in [0.1, 0.15) is 23.0 Å². The summed E-state index contributed by atoms with van der Waals surface area (Å²) in [5, 5.41) is 4.66. The van der Waals surface area contributed by atoms with Crippen LogP contribution < -0.4 is 0 Å². The van der Waals surface area contributed by atoms with Crippen LogP contribution in [0.25, 0.3) is 11.0 Å². The van der Waals surface area contributed by atoms with E-state index in [-0.39, 0.29) is 23.0 Å². The maximum Gasteiger partial charge on any atom is 0.132 e. The number of fused-ring (bicyclic) bond motifs is 1. The summed E-state index contributed by atoms with van der Waals surface area (Å²) in [7, 11) is 3.68. The van der Waals surface area contributed by atoms with Gasteiger partial charge in [0.2, 0.25) is 0 Å². The van der Waals surface area contributed by atoms with Gasteiger partial charge in [0.05, 0.1) is 24.1 Å². The van der Waals surface area contributed by atoms with Crippen LogP contribution in [-0.4, -0.2) is 39.6 Å². The van der Waals surface area contributed by atoms with Gasteiger partial charge < -0.3 is 9.47 Å². The van der Waals surface area contributed by atoms with Gasteiger partial charge in [-0.3, -0.25) is 4.68 Å². The molecule has 132 valence electrons. The maximum atomic E-state index is 6.50. The highest BCUT2D eigenvalue weighted by molar-refractivity contribution is 5.79. The molecule has 6 nitrogen and oxygen atoms in total. The van der Waals surface area contributed by atoms with Crippen molar-refractivity contribution in [3.63, 3.8) is 0 Å². The molecule has 3 rings (SSSR count). The summed E-state index contributed by atoms with van der Waals surface area (Å²) in [5.41, 5.74) is 3.54. The zero-order valence-corrected chi connectivity index (χ0v) is 16.0. The Balaban J connectivity index is 2.19. The van der Waals surface area contributed by atoms with Crippen molar-refractivity contribution in [3.05, 3.63) is 17.2 Å². The quantitative estimate of drug-likeness (QED) is 0.864. The van der Waals surface area contributed by atoms with Crippen LogP contribution in [-0.2, 0) is 16.5 Å². The van der Waals surface area contributed by atoms with Crippen molar-refractivity contribution in [2.75, 3.05) is 13.7 Å². The Morgan fingerprint density at radius 3 is 2.38 bits per heavy atom. The van der Waals surface area contributed by atoms with E-state index in [0.717, 1.165) is 28.2 Å². The molecule has 2 aromatic rings. The average Bonchev–Trinajstić information content (AvgIpc) is 2.86. The number of hydrogen-bond acceptors (Lipinski definition) is 5. The van der Waals surface area contributed by atoms with Crippen LogP contribution in [0.2, 0.25) is 0 Å². The third kappa shape index (κ3) is 2.27. The number of methoxy groups -OCH3 is 1. The second-order valence-electron chi connectivity index (χ2n) is 7.97. The molecule has 0 radical (unpaired) electrons. The Bertz CT molecular complexity index is 779. The lowest BCUT2D eigenvalue weighted by molar-refractivity contribution is -0.0312. The molecule has 0 aliphatic carbocycles. The lowest BCUT2D eigenvalue weighted by Gasteiger charge is -2.38. The van der Waals surface area contributed by atoms with Gasteiger partial charge in [-0.2, -0.15) is 5.10 Å². The highest BCUT2D eigenvalue weighted by Crippen LogP contribution is 2.59. The molecule has 0 bridgehead atoms. The minimum absolute atomic E-state index is 0.0245. The third-order valence-corrected chi connectivity index (χ3v) is 6.00. The molecule has 0 amide bonds. The van der Waals surface area contributed by atoms with Gasteiger partial charge in [-0.1, -0.05) is 27.7 Å². The van der Waals surface area contributed by atoms with E-state index in [9.17, 15) is 0 Å². The fraction of sp³-hybridized carbons (Fsp3) is 0.722. The van der Waals surface area contributed by atoms with Crippen LogP contribution in [0.1, 0.15) is 51.0 Å². The van der Waals surface area contributed by atoms with Crippen molar-refractivity contribution in [1.82, 2.24) is 19.7 Å². The summed E-state index contributed by atoms with van der Waals surface area (Å²) in [6, 6.07) is 0. The highest BCUT2D eigenvalue weighted by atomic mass is 16.5. The SMILES string of the molecule is COCC1OC(c2c3nc(C)nc(C)c3nn2C)C(C)(C)C1(C)C. The van der Waals surface area contributed by atoms with Gasteiger partial charge in [0.15, 0.2) is 0 Å². The van der Waals surface area contributed by atoms with Crippen LogP contribution in [0.15, 0.2) is 0 Å². The predicted octanol–water partition coefficient (Wildman–Crippen LogP) is 3.12. The smallest absolute Gasteiger partial charge is 0.132 e. The minimum Gasteiger partial charge on any atom is -0.382 e. The molecule has 0 saturated carbocycles. The monoisotopic (exact) mass is 332 g/mol. The van der Waals surface area contributed by atoms with Crippen molar-refractivity contribution in [2.45, 2.75) is 53.8 Å². The van der Waals surface area contributed by atoms with Gasteiger partial charge in [0, 0.05) is 25.0 Å². The van der Waals surface area contributed by atoms with E-state index >= 15 is 0 Å². The van der Waals surface area contributed by atoms with Crippen molar-refractivity contribution >= 4 is 11.0 Å². The molecule has 1 aliphatic heterocycles. The van der Waals surface area contributed by atoms with Gasteiger partial charge in [-0.15, -0.1) is 0 Å². The maximum absolute atomic E-state index is 6.50. The number of nitrogens with zero attached hydrogens (tertiary/aromatic N) is 4. The van der Waals surface area contributed by atoms with Crippen molar-refractivity contribution in [1.29, 1.82) is 0 Å². The third-order valence-electron chi connectivity index (χ3n) is 6.00. The van der Waals surface area contributed by atoms with Gasteiger partial charge >= 0.3 is 0 Å². The summed E-state index contributed by atoms with van der Waals surface area (Å²) < 4.78 is 13.8. The average molecular weight is 332 g/mol. The van der Waals surface area contributed by atoms with Crippen LogP contribution in [0.5, 0.6) is 0 Å². The van der Waals surface area contributed by atoms with Crippen molar-refractivity contribution in [2.24, 2.45) is 17.9 Å². The molecule has 0 spiro atoms. The molecular weight excluding hydrogens is 304 g/mol. The first-order chi connectivity index (χ1) is 11.1. The second-order valence-corrected chi connectivity index (χ2v) is 7.97. The molecule has 6 heteroatoms. The largest absolute Gasteiger partial charge is 0.382 e. The van der Waals surface area contributed by atoms with E-state index in [1.165, 1.54) is 0 Å². The molecule has 0 aromatic carbocycles. The molecule has 2 atom stereocenters. The van der Waals surface area contributed by atoms with Crippen LogP contribution in [0.4, 0.5) is 0 Å². The van der Waals surface area contributed by atoms with E-state index in [1.807, 2.05) is 25.6 Å². The second kappa shape index (κ2) is 5.49. The highest BCUT2D eigenvalue weighted by Gasteiger charge is 2.57. The molecule has 0 N–H and O–H groups in total. The molecule has 24 heavy (non-hydrogen) atoms. The number of aryl methyl sites for hydroxylation is 3. The Hall–Kier alpha value is -1.53.